The highest BCUT2D eigenvalue weighted by Crippen LogP contribution is 2.38. The SMILES string of the molecule is CC=CCC(CC=CC)(CC=CC)CCCCCC(=O)OC[C@@H](O)C1OCC(O)C1O. The molecular formula is C25H42O6. The largest absolute Gasteiger partial charge is 0.463 e. The second-order valence-corrected chi connectivity index (χ2v) is 8.49. The lowest BCUT2D eigenvalue weighted by Crippen LogP contribution is -2.41. The lowest BCUT2D eigenvalue weighted by molar-refractivity contribution is -0.151. The first-order chi connectivity index (χ1) is 14.9. The van der Waals surface area contributed by atoms with Gasteiger partial charge >= 0.3 is 5.97 Å². The van der Waals surface area contributed by atoms with Crippen LogP contribution in [0.1, 0.15) is 72.1 Å². The molecule has 0 bridgehead atoms. The summed E-state index contributed by atoms with van der Waals surface area (Å²) in [5.74, 6) is -0.366. The number of carbonyl (C=O) groups is 1. The molecule has 1 aliphatic rings. The van der Waals surface area contributed by atoms with E-state index in [0.717, 1.165) is 44.9 Å². The molecule has 1 aliphatic heterocycles. The molecule has 0 aliphatic carbocycles. The van der Waals surface area contributed by atoms with Gasteiger partial charge in [-0.3, -0.25) is 4.79 Å². The van der Waals surface area contributed by atoms with E-state index in [1.807, 2.05) is 0 Å². The molecule has 1 heterocycles. The van der Waals surface area contributed by atoms with Crippen LogP contribution in [0, 0.1) is 5.41 Å². The van der Waals surface area contributed by atoms with Crippen LogP contribution in [0.4, 0.5) is 0 Å². The Labute approximate surface area is 187 Å². The van der Waals surface area contributed by atoms with Crippen LogP contribution in [0.2, 0.25) is 0 Å². The zero-order valence-corrected chi connectivity index (χ0v) is 19.4. The van der Waals surface area contributed by atoms with Crippen molar-refractivity contribution in [2.24, 2.45) is 5.41 Å². The van der Waals surface area contributed by atoms with Crippen LogP contribution in [-0.2, 0) is 14.3 Å². The lowest BCUT2D eigenvalue weighted by atomic mass is 9.73. The van der Waals surface area contributed by atoms with E-state index < -0.39 is 24.4 Å². The summed E-state index contributed by atoms with van der Waals surface area (Å²) in [5, 5.41) is 29.2. The lowest BCUT2D eigenvalue weighted by Gasteiger charge is -2.31. The number of aliphatic hydroxyl groups excluding tert-OH is 3. The number of hydrogen-bond donors (Lipinski definition) is 3. The summed E-state index contributed by atoms with van der Waals surface area (Å²) >= 11 is 0. The van der Waals surface area contributed by atoms with Gasteiger partial charge in [0.1, 0.15) is 31.0 Å². The first-order valence-electron chi connectivity index (χ1n) is 11.5. The zero-order chi connectivity index (χ0) is 23.1. The predicted octanol–water partition coefficient (Wildman–Crippen LogP) is 3.85. The molecule has 0 aromatic carbocycles. The number of hydrogen-bond acceptors (Lipinski definition) is 6. The minimum Gasteiger partial charge on any atom is -0.463 e. The Balaban J connectivity index is 2.37. The third-order valence-electron chi connectivity index (χ3n) is 5.93. The van der Waals surface area contributed by atoms with Gasteiger partial charge < -0.3 is 24.8 Å². The van der Waals surface area contributed by atoms with E-state index in [4.69, 9.17) is 9.47 Å². The fraction of sp³-hybridized carbons (Fsp3) is 0.720. The van der Waals surface area contributed by atoms with E-state index >= 15 is 0 Å². The maximum Gasteiger partial charge on any atom is 0.305 e. The van der Waals surface area contributed by atoms with E-state index in [1.54, 1.807) is 0 Å². The number of ether oxygens (including phenoxy) is 2. The number of carbonyl (C=O) groups excluding carboxylic acids is 1. The molecule has 1 saturated heterocycles. The van der Waals surface area contributed by atoms with Gasteiger partial charge in [-0.2, -0.15) is 0 Å². The van der Waals surface area contributed by atoms with E-state index in [-0.39, 0.29) is 24.6 Å². The van der Waals surface area contributed by atoms with Crippen LogP contribution >= 0.6 is 0 Å². The van der Waals surface area contributed by atoms with E-state index in [1.165, 1.54) is 0 Å². The third kappa shape index (κ3) is 10.1. The first-order valence-corrected chi connectivity index (χ1v) is 11.5. The number of esters is 1. The summed E-state index contributed by atoms with van der Waals surface area (Å²) < 4.78 is 10.3. The van der Waals surface area contributed by atoms with Crippen molar-refractivity contribution >= 4 is 5.97 Å². The van der Waals surface area contributed by atoms with Gasteiger partial charge in [-0.15, -0.1) is 0 Å². The molecule has 0 spiro atoms. The summed E-state index contributed by atoms with van der Waals surface area (Å²) in [6, 6.07) is 0. The van der Waals surface area contributed by atoms with Gasteiger partial charge in [0, 0.05) is 6.42 Å². The predicted molar refractivity (Wildman–Crippen MR) is 123 cm³/mol. The highest BCUT2D eigenvalue weighted by Gasteiger charge is 2.39. The third-order valence-corrected chi connectivity index (χ3v) is 5.93. The Hall–Kier alpha value is -1.47. The van der Waals surface area contributed by atoms with Crippen molar-refractivity contribution in [3.63, 3.8) is 0 Å². The monoisotopic (exact) mass is 438 g/mol. The molecule has 0 saturated carbocycles. The van der Waals surface area contributed by atoms with Crippen molar-refractivity contribution in [2.45, 2.75) is 96.6 Å². The molecule has 4 atom stereocenters. The van der Waals surface area contributed by atoms with Crippen molar-refractivity contribution in [1.29, 1.82) is 0 Å². The topological polar surface area (TPSA) is 96.2 Å². The van der Waals surface area contributed by atoms with E-state index in [9.17, 15) is 20.1 Å². The summed E-state index contributed by atoms with van der Waals surface area (Å²) in [6.45, 7) is 5.89. The van der Waals surface area contributed by atoms with Gasteiger partial charge in [0.25, 0.3) is 0 Å². The maximum absolute atomic E-state index is 12.0. The molecule has 1 rings (SSSR count). The van der Waals surface area contributed by atoms with Crippen LogP contribution in [0.5, 0.6) is 0 Å². The van der Waals surface area contributed by atoms with Gasteiger partial charge in [-0.25, -0.2) is 0 Å². The fourth-order valence-corrected chi connectivity index (χ4v) is 3.92. The molecule has 6 nitrogen and oxygen atoms in total. The first kappa shape index (κ1) is 27.6. The smallest absolute Gasteiger partial charge is 0.305 e. The molecule has 3 unspecified atom stereocenters. The fourth-order valence-electron chi connectivity index (χ4n) is 3.92. The Kier molecular flexibility index (Phi) is 13.7. The van der Waals surface area contributed by atoms with Gasteiger partial charge in [-0.1, -0.05) is 49.3 Å². The van der Waals surface area contributed by atoms with Gasteiger partial charge in [0.05, 0.1) is 6.61 Å². The number of allylic oxidation sites excluding steroid dienone is 6. The van der Waals surface area contributed by atoms with Crippen LogP contribution < -0.4 is 0 Å². The maximum atomic E-state index is 12.0. The molecule has 6 heteroatoms. The molecule has 0 amide bonds. The van der Waals surface area contributed by atoms with Crippen LogP contribution in [-0.4, -0.2) is 58.9 Å². The van der Waals surface area contributed by atoms with Crippen LogP contribution in [0.25, 0.3) is 0 Å². The highest BCUT2D eigenvalue weighted by molar-refractivity contribution is 5.69. The van der Waals surface area contributed by atoms with Crippen LogP contribution in [0.3, 0.4) is 0 Å². The van der Waals surface area contributed by atoms with Crippen molar-refractivity contribution in [3.8, 4) is 0 Å². The molecule has 0 radical (unpaired) electrons. The quantitative estimate of drug-likeness (QED) is 0.204. The Morgan fingerprint density at radius 2 is 1.61 bits per heavy atom. The summed E-state index contributed by atoms with van der Waals surface area (Å²) in [7, 11) is 0. The molecule has 1 fully saturated rings. The summed E-state index contributed by atoms with van der Waals surface area (Å²) in [4.78, 5) is 12.0. The van der Waals surface area contributed by atoms with Gasteiger partial charge in [0.2, 0.25) is 0 Å². The van der Waals surface area contributed by atoms with Crippen molar-refractivity contribution in [3.05, 3.63) is 36.5 Å². The van der Waals surface area contributed by atoms with Crippen LogP contribution in [0.15, 0.2) is 36.5 Å². The molecule has 0 aromatic rings. The number of unbranched alkanes of at least 4 members (excludes halogenated alkanes) is 2. The van der Waals surface area contributed by atoms with E-state index in [2.05, 4.69) is 57.2 Å². The second-order valence-electron chi connectivity index (χ2n) is 8.49. The standard InChI is InChI=1S/C25H42O6/c1-4-7-14-25(15-8-5-2,16-9-6-3)17-12-10-11-13-22(28)30-19-21(27)24-23(29)20(26)18-31-24/h4-9,20-21,23-24,26-27,29H,10-19H2,1-3H3/t20?,21-,23?,24?,25?/m1/s1. The molecule has 0 aromatic heterocycles. The number of rotatable bonds is 15. The summed E-state index contributed by atoms with van der Waals surface area (Å²) in [6.07, 6.45) is 16.1. The normalized spacial score (nSPS) is 24.9. The van der Waals surface area contributed by atoms with E-state index in [0.29, 0.717) is 6.42 Å². The van der Waals surface area contributed by atoms with Crippen molar-refractivity contribution < 1.29 is 29.6 Å². The minimum absolute atomic E-state index is 0.0333. The molecule has 3 N–H and O–H groups in total. The van der Waals surface area contributed by atoms with Gasteiger partial charge in [0.15, 0.2) is 0 Å². The average Bonchev–Trinajstić information content (AvgIpc) is 3.10. The van der Waals surface area contributed by atoms with Crippen molar-refractivity contribution in [2.75, 3.05) is 13.2 Å². The van der Waals surface area contributed by atoms with Crippen molar-refractivity contribution in [1.82, 2.24) is 0 Å². The molecule has 31 heavy (non-hydrogen) atoms. The Bertz CT molecular complexity index is 547. The zero-order valence-electron chi connectivity index (χ0n) is 19.4. The van der Waals surface area contributed by atoms with Gasteiger partial charge in [-0.05, 0) is 58.3 Å². The molecule has 178 valence electrons. The number of aliphatic hydroxyl groups is 3. The molecular weight excluding hydrogens is 396 g/mol. The highest BCUT2D eigenvalue weighted by atomic mass is 16.6. The Morgan fingerprint density at radius 1 is 1.03 bits per heavy atom. The minimum atomic E-state index is -1.17. The second kappa shape index (κ2) is 15.4. The average molecular weight is 439 g/mol. The summed E-state index contributed by atoms with van der Waals surface area (Å²) in [5.41, 5.74) is 0.211. The Morgan fingerprint density at radius 3 is 2.10 bits per heavy atom.